The Morgan fingerprint density at radius 3 is 2.24 bits per heavy atom. The summed E-state index contributed by atoms with van der Waals surface area (Å²) in [5, 5.41) is 11.6. The molecule has 0 radical (unpaired) electrons. The molecule has 1 atom stereocenters. The summed E-state index contributed by atoms with van der Waals surface area (Å²) < 4.78 is 36.4. The van der Waals surface area contributed by atoms with Gasteiger partial charge in [-0.25, -0.2) is 27.9 Å². The molecule has 8 nitrogen and oxygen atoms in total. The molecule has 10 heteroatoms. The van der Waals surface area contributed by atoms with E-state index in [-0.39, 0.29) is 16.8 Å². The Morgan fingerprint density at radius 2 is 1.61 bits per heavy atom. The van der Waals surface area contributed by atoms with Crippen LogP contribution in [0.15, 0.2) is 84.1 Å². The number of rotatable bonds is 7. The number of pyridine rings is 1. The highest BCUT2D eigenvalue weighted by Crippen LogP contribution is 2.29. The molecule has 0 fully saturated rings. The van der Waals surface area contributed by atoms with E-state index in [0.29, 0.717) is 17.5 Å². The predicted octanol–water partition coefficient (Wildman–Crippen LogP) is 4.24. The van der Waals surface area contributed by atoms with Gasteiger partial charge in [-0.15, -0.1) is 0 Å². The first-order chi connectivity index (χ1) is 15.8. The lowest BCUT2D eigenvalue weighted by Gasteiger charge is -2.17. The Morgan fingerprint density at radius 1 is 0.909 bits per heavy atom. The molecular weight excluding hydrogens is 443 g/mol. The lowest BCUT2D eigenvalue weighted by Crippen LogP contribution is -2.11. The van der Waals surface area contributed by atoms with Crippen molar-refractivity contribution in [1.82, 2.24) is 15.0 Å². The summed E-state index contributed by atoms with van der Waals surface area (Å²) in [6.07, 6.45) is 4.71. The van der Waals surface area contributed by atoms with Crippen LogP contribution in [0.25, 0.3) is 11.1 Å². The summed E-state index contributed by atoms with van der Waals surface area (Å²) in [6.45, 7) is 1.94. The molecule has 4 rings (SSSR count). The smallest absolute Gasteiger partial charge is 0.238 e. The van der Waals surface area contributed by atoms with Gasteiger partial charge in [0.15, 0.2) is 0 Å². The van der Waals surface area contributed by atoms with Crippen molar-refractivity contribution in [2.24, 2.45) is 5.14 Å². The van der Waals surface area contributed by atoms with E-state index in [4.69, 9.17) is 5.14 Å². The van der Waals surface area contributed by atoms with Crippen molar-refractivity contribution in [3.8, 4) is 11.1 Å². The second-order valence-electron chi connectivity index (χ2n) is 7.33. The summed E-state index contributed by atoms with van der Waals surface area (Å²) in [5.41, 5.74) is 2.44. The molecule has 0 amide bonds. The van der Waals surface area contributed by atoms with Gasteiger partial charge in [-0.2, -0.15) is 0 Å². The van der Waals surface area contributed by atoms with E-state index >= 15 is 0 Å². The van der Waals surface area contributed by atoms with E-state index in [1.165, 1.54) is 24.3 Å². The van der Waals surface area contributed by atoms with Crippen LogP contribution in [0, 0.1) is 5.82 Å². The van der Waals surface area contributed by atoms with Crippen molar-refractivity contribution in [3.05, 3.63) is 90.6 Å². The van der Waals surface area contributed by atoms with E-state index in [0.717, 1.165) is 16.7 Å². The summed E-state index contributed by atoms with van der Waals surface area (Å²) in [5.74, 6) is 1.29. The lowest BCUT2D eigenvalue weighted by atomic mass is 10.1. The van der Waals surface area contributed by atoms with E-state index in [1.54, 1.807) is 42.9 Å². The van der Waals surface area contributed by atoms with Crippen LogP contribution in [0.1, 0.15) is 18.5 Å². The molecule has 2 heterocycles. The molecule has 0 bridgehead atoms. The maximum atomic E-state index is 13.3. The highest BCUT2D eigenvalue weighted by molar-refractivity contribution is 7.89. The number of aromatic nitrogens is 3. The summed E-state index contributed by atoms with van der Waals surface area (Å²) in [7, 11) is -3.79. The van der Waals surface area contributed by atoms with Gasteiger partial charge in [0.2, 0.25) is 10.0 Å². The summed E-state index contributed by atoms with van der Waals surface area (Å²) in [4.78, 5) is 12.9. The minimum absolute atomic E-state index is 0.0292. The summed E-state index contributed by atoms with van der Waals surface area (Å²) in [6, 6.07) is 16.0. The monoisotopic (exact) mass is 464 g/mol. The minimum Gasteiger partial charge on any atom is -0.363 e. The van der Waals surface area contributed by atoms with Crippen LogP contribution in [-0.2, 0) is 10.0 Å². The SMILES string of the molecule is CC(Nc1cc(-c2ccc(S(N)(=O)=O)cc2)cc(Nc2cnccn2)n1)c1ccc(F)cc1. The van der Waals surface area contributed by atoms with Gasteiger partial charge in [-0.05, 0) is 60.0 Å². The number of hydrogen-bond acceptors (Lipinski definition) is 7. The van der Waals surface area contributed by atoms with Crippen LogP contribution >= 0.6 is 0 Å². The first-order valence-corrected chi connectivity index (χ1v) is 11.5. The minimum atomic E-state index is -3.79. The number of sulfonamides is 1. The van der Waals surface area contributed by atoms with Crippen LogP contribution in [-0.4, -0.2) is 23.4 Å². The van der Waals surface area contributed by atoms with Crippen molar-refractivity contribution in [2.45, 2.75) is 17.9 Å². The predicted molar refractivity (Wildman–Crippen MR) is 125 cm³/mol. The molecular formula is C23H21FN6O2S. The Bertz CT molecular complexity index is 1350. The molecule has 0 aliphatic carbocycles. The van der Waals surface area contributed by atoms with E-state index in [9.17, 15) is 12.8 Å². The van der Waals surface area contributed by atoms with E-state index in [1.807, 2.05) is 19.1 Å². The fraction of sp³-hybridized carbons (Fsp3) is 0.0870. The van der Waals surface area contributed by atoms with Gasteiger partial charge >= 0.3 is 0 Å². The number of nitrogens with zero attached hydrogens (tertiary/aromatic N) is 3. The number of nitrogens with one attached hydrogen (secondary N) is 2. The zero-order chi connectivity index (χ0) is 23.4. The van der Waals surface area contributed by atoms with E-state index < -0.39 is 10.0 Å². The van der Waals surface area contributed by atoms with Gasteiger partial charge in [0, 0.05) is 18.4 Å². The molecule has 0 aliphatic heterocycles. The first-order valence-electron chi connectivity index (χ1n) is 9.98. The third-order valence-electron chi connectivity index (χ3n) is 4.90. The second kappa shape index (κ2) is 9.31. The average Bonchev–Trinajstić information content (AvgIpc) is 2.79. The van der Waals surface area contributed by atoms with Gasteiger partial charge in [0.25, 0.3) is 0 Å². The van der Waals surface area contributed by atoms with Crippen molar-refractivity contribution in [3.63, 3.8) is 0 Å². The molecule has 0 spiro atoms. The topological polar surface area (TPSA) is 123 Å². The molecule has 0 saturated heterocycles. The molecule has 0 aliphatic rings. The van der Waals surface area contributed by atoms with Crippen molar-refractivity contribution in [1.29, 1.82) is 0 Å². The molecule has 0 saturated carbocycles. The van der Waals surface area contributed by atoms with Gasteiger partial charge in [0.1, 0.15) is 23.3 Å². The first kappa shape index (κ1) is 22.3. The van der Waals surface area contributed by atoms with Gasteiger partial charge in [-0.3, -0.25) is 4.98 Å². The molecule has 4 aromatic rings. The summed E-state index contributed by atoms with van der Waals surface area (Å²) >= 11 is 0. The second-order valence-corrected chi connectivity index (χ2v) is 8.89. The molecule has 2 aromatic heterocycles. The Kier molecular flexibility index (Phi) is 6.29. The third-order valence-corrected chi connectivity index (χ3v) is 5.82. The molecule has 1 unspecified atom stereocenters. The zero-order valence-electron chi connectivity index (χ0n) is 17.6. The maximum absolute atomic E-state index is 13.3. The largest absolute Gasteiger partial charge is 0.363 e. The highest BCUT2D eigenvalue weighted by atomic mass is 32.2. The van der Waals surface area contributed by atoms with Crippen molar-refractivity contribution < 1.29 is 12.8 Å². The Labute approximate surface area is 190 Å². The molecule has 4 N–H and O–H groups in total. The fourth-order valence-electron chi connectivity index (χ4n) is 3.22. The van der Waals surface area contributed by atoms with Crippen LogP contribution in [0.3, 0.4) is 0 Å². The Balaban J connectivity index is 1.69. The van der Waals surface area contributed by atoms with Crippen LogP contribution in [0.4, 0.5) is 21.8 Å². The quantitative estimate of drug-likeness (QED) is 0.374. The number of primary sulfonamides is 1. The molecule has 2 aromatic carbocycles. The van der Waals surface area contributed by atoms with Crippen LogP contribution in [0.2, 0.25) is 0 Å². The van der Waals surface area contributed by atoms with Crippen LogP contribution in [0.5, 0.6) is 0 Å². The average molecular weight is 465 g/mol. The van der Waals surface area contributed by atoms with Gasteiger partial charge in [-0.1, -0.05) is 24.3 Å². The normalized spacial score (nSPS) is 12.2. The Hall–Kier alpha value is -3.89. The number of nitrogens with two attached hydrogens (primary N) is 1. The fourth-order valence-corrected chi connectivity index (χ4v) is 3.74. The lowest BCUT2D eigenvalue weighted by molar-refractivity contribution is 0.598. The number of benzene rings is 2. The number of anilines is 3. The standard InChI is InChI=1S/C23H21FN6O2S/c1-15(16-2-6-19(24)7-3-16)28-21-12-18(17-4-8-20(9-5-17)33(25,31)32)13-22(29-21)30-23-14-26-10-11-27-23/h2-15H,1H3,(H2,25,31,32)(H2,27,28,29,30). The third kappa shape index (κ3) is 5.68. The van der Waals surface area contributed by atoms with E-state index in [2.05, 4.69) is 25.6 Å². The van der Waals surface area contributed by atoms with Gasteiger partial charge < -0.3 is 10.6 Å². The maximum Gasteiger partial charge on any atom is 0.238 e. The van der Waals surface area contributed by atoms with Crippen molar-refractivity contribution in [2.75, 3.05) is 10.6 Å². The number of halogens is 1. The molecule has 33 heavy (non-hydrogen) atoms. The zero-order valence-corrected chi connectivity index (χ0v) is 18.4. The molecule has 168 valence electrons. The van der Waals surface area contributed by atoms with Crippen LogP contribution < -0.4 is 15.8 Å². The number of hydrogen-bond donors (Lipinski definition) is 3. The van der Waals surface area contributed by atoms with Crippen molar-refractivity contribution >= 4 is 27.5 Å². The van der Waals surface area contributed by atoms with Gasteiger partial charge in [0.05, 0.1) is 11.1 Å². The highest BCUT2D eigenvalue weighted by Gasteiger charge is 2.12.